The Balaban J connectivity index is 0.00000109. The molecule has 0 saturated carbocycles. The Morgan fingerprint density at radius 3 is 2.04 bits per heavy atom. The van der Waals surface area contributed by atoms with Crippen molar-refractivity contribution in [1.29, 1.82) is 0 Å². The Bertz CT molecular complexity index is 662. The zero-order valence-electron chi connectivity index (χ0n) is 15.1. The molecule has 3 rings (SSSR count). The van der Waals surface area contributed by atoms with Gasteiger partial charge in [0.1, 0.15) is 5.82 Å². The number of amides is 1. The van der Waals surface area contributed by atoms with Crippen molar-refractivity contribution in [2.75, 3.05) is 43.4 Å². The summed E-state index contributed by atoms with van der Waals surface area (Å²) in [6, 6.07) is 13.4. The van der Waals surface area contributed by atoms with Crippen LogP contribution in [0.5, 0.6) is 0 Å². The molecule has 1 N–H and O–H groups in total. The molecular weight excluding hydrogens is 317 g/mol. The first-order valence-corrected chi connectivity index (χ1v) is 8.72. The van der Waals surface area contributed by atoms with E-state index in [0.717, 1.165) is 31.9 Å². The fourth-order valence-corrected chi connectivity index (χ4v) is 2.62. The van der Waals surface area contributed by atoms with Crippen LogP contribution in [0, 0.1) is 5.82 Å². The van der Waals surface area contributed by atoms with E-state index in [1.165, 1.54) is 12.1 Å². The van der Waals surface area contributed by atoms with Gasteiger partial charge >= 0.3 is 0 Å². The van der Waals surface area contributed by atoms with Gasteiger partial charge in [-0.05, 0) is 55.6 Å². The smallest absolute Gasteiger partial charge is 0.255 e. The molecule has 2 aromatic rings. The van der Waals surface area contributed by atoms with Crippen molar-refractivity contribution in [3.63, 3.8) is 0 Å². The molecule has 1 heterocycles. The minimum atomic E-state index is -0.320. The number of rotatable bonds is 3. The van der Waals surface area contributed by atoms with Gasteiger partial charge in [0.25, 0.3) is 5.91 Å². The van der Waals surface area contributed by atoms with E-state index >= 15 is 0 Å². The second-order valence-electron chi connectivity index (χ2n) is 5.80. The molecule has 0 atom stereocenters. The molecule has 0 aromatic heterocycles. The van der Waals surface area contributed by atoms with Crippen molar-refractivity contribution in [3.05, 3.63) is 59.9 Å². The van der Waals surface area contributed by atoms with Crippen LogP contribution < -0.4 is 10.2 Å². The van der Waals surface area contributed by atoms with Crippen molar-refractivity contribution >= 4 is 17.3 Å². The molecule has 5 heteroatoms. The SMILES string of the molecule is CC.CN1CCN(c2ccc(C(=O)Nc3ccc(F)cc3)cc2)CC1. The molecule has 0 bridgehead atoms. The average Bonchev–Trinajstić information content (AvgIpc) is 2.66. The summed E-state index contributed by atoms with van der Waals surface area (Å²) >= 11 is 0. The van der Waals surface area contributed by atoms with E-state index in [1.54, 1.807) is 12.1 Å². The number of carbonyl (C=O) groups excluding carboxylic acids is 1. The summed E-state index contributed by atoms with van der Waals surface area (Å²) in [6.45, 7) is 8.09. The van der Waals surface area contributed by atoms with Gasteiger partial charge in [0.2, 0.25) is 0 Å². The summed E-state index contributed by atoms with van der Waals surface area (Å²) in [4.78, 5) is 16.8. The number of anilines is 2. The molecule has 0 radical (unpaired) electrons. The minimum absolute atomic E-state index is 0.193. The first-order chi connectivity index (χ1) is 12.1. The van der Waals surface area contributed by atoms with Crippen molar-refractivity contribution in [2.45, 2.75) is 13.8 Å². The molecule has 1 saturated heterocycles. The van der Waals surface area contributed by atoms with Crippen molar-refractivity contribution in [2.24, 2.45) is 0 Å². The highest BCUT2D eigenvalue weighted by molar-refractivity contribution is 6.04. The Labute approximate surface area is 149 Å². The second-order valence-corrected chi connectivity index (χ2v) is 5.80. The van der Waals surface area contributed by atoms with Crippen LogP contribution >= 0.6 is 0 Å². The number of piperazine rings is 1. The van der Waals surface area contributed by atoms with Gasteiger partial charge in [-0.2, -0.15) is 0 Å². The predicted octanol–water partition coefficient (Wildman–Crippen LogP) is 3.86. The van der Waals surface area contributed by atoms with Crippen LogP contribution in [-0.2, 0) is 0 Å². The maximum absolute atomic E-state index is 12.9. The molecule has 134 valence electrons. The van der Waals surface area contributed by atoms with Crippen LogP contribution in [0.1, 0.15) is 24.2 Å². The number of carbonyl (C=O) groups is 1. The molecule has 2 aromatic carbocycles. The Morgan fingerprint density at radius 1 is 0.920 bits per heavy atom. The lowest BCUT2D eigenvalue weighted by Crippen LogP contribution is -2.44. The maximum Gasteiger partial charge on any atom is 0.255 e. The van der Waals surface area contributed by atoms with Gasteiger partial charge in [-0.25, -0.2) is 4.39 Å². The highest BCUT2D eigenvalue weighted by Crippen LogP contribution is 2.18. The maximum atomic E-state index is 12.9. The predicted molar refractivity (Wildman–Crippen MR) is 102 cm³/mol. The van der Waals surface area contributed by atoms with E-state index in [9.17, 15) is 9.18 Å². The number of nitrogens with zero attached hydrogens (tertiary/aromatic N) is 2. The number of halogens is 1. The molecule has 0 aliphatic carbocycles. The van der Waals surface area contributed by atoms with Gasteiger partial charge in [-0.15, -0.1) is 0 Å². The van der Waals surface area contributed by atoms with Crippen LogP contribution in [0.4, 0.5) is 15.8 Å². The molecule has 4 nitrogen and oxygen atoms in total. The number of nitrogens with one attached hydrogen (secondary N) is 1. The van der Waals surface area contributed by atoms with Crippen LogP contribution in [0.2, 0.25) is 0 Å². The number of benzene rings is 2. The van der Waals surface area contributed by atoms with Crippen molar-refractivity contribution in [1.82, 2.24) is 4.90 Å². The van der Waals surface area contributed by atoms with E-state index in [4.69, 9.17) is 0 Å². The summed E-state index contributed by atoms with van der Waals surface area (Å²) < 4.78 is 12.9. The molecule has 1 aliphatic heterocycles. The third-order valence-corrected chi connectivity index (χ3v) is 4.10. The fraction of sp³-hybridized carbons (Fsp3) is 0.350. The fourth-order valence-electron chi connectivity index (χ4n) is 2.62. The Kier molecular flexibility index (Phi) is 6.95. The molecular formula is C20H26FN3O. The van der Waals surface area contributed by atoms with E-state index in [1.807, 2.05) is 38.1 Å². The third kappa shape index (κ3) is 5.29. The zero-order valence-corrected chi connectivity index (χ0v) is 15.1. The van der Waals surface area contributed by atoms with Gasteiger partial charge < -0.3 is 15.1 Å². The zero-order chi connectivity index (χ0) is 18.2. The number of likely N-dealkylation sites (N-methyl/N-ethyl adjacent to an activating group) is 1. The normalized spacial score (nSPS) is 14.5. The monoisotopic (exact) mass is 343 g/mol. The highest BCUT2D eigenvalue weighted by atomic mass is 19.1. The van der Waals surface area contributed by atoms with Gasteiger partial charge in [-0.3, -0.25) is 4.79 Å². The quantitative estimate of drug-likeness (QED) is 0.919. The van der Waals surface area contributed by atoms with E-state index in [2.05, 4.69) is 22.2 Å². The summed E-state index contributed by atoms with van der Waals surface area (Å²) in [5.41, 5.74) is 2.31. The van der Waals surface area contributed by atoms with Gasteiger partial charge in [0.15, 0.2) is 0 Å². The van der Waals surface area contributed by atoms with Gasteiger partial charge in [0, 0.05) is 43.1 Å². The van der Waals surface area contributed by atoms with Gasteiger partial charge in [-0.1, -0.05) is 13.8 Å². The lowest BCUT2D eigenvalue weighted by Gasteiger charge is -2.34. The first kappa shape index (κ1) is 18.9. The summed E-state index contributed by atoms with van der Waals surface area (Å²) in [7, 11) is 2.13. The van der Waals surface area contributed by atoms with E-state index in [0.29, 0.717) is 11.3 Å². The molecule has 1 amide bonds. The summed E-state index contributed by atoms with van der Waals surface area (Å²) in [6.07, 6.45) is 0. The highest BCUT2D eigenvalue weighted by Gasteiger charge is 2.14. The van der Waals surface area contributed by atoms with Crippen LogP contribution in [0.3, 0.4) is 0 Å². The number of hydrogen-bond donors (Lipinski definition) is 1. The van der Waals surface area contributed by atoms with Gasteiger partial charge in [0.05, 0.1) is 0 Å². The molecule has 1 fully saturated rings. The second kappa shape index (κ2) is 9.18. The molecule has 0 spiro atoms. The topological polar surface area (TPSA) is 35.6 Å². The lowest BCUT2D eigenvalue weighted by atomic mass is 10.1. The first-order valence-electron chi connectivity index (χ1n) is 8.72. The average molecular weight is 343 g/mol. The van der Waals surface area contributed by atoms with Crippen LogP contribution in [0.25, 0.3) is 0 Å². The Morgan fingerprint density at radius 2 is 1.48 bits per heavy atom. The van der Waals surface area contributed by atoms with Crippen LogP contribution in [-0.4, -0.2) is 44.0 Å². The molecule has 25 heavy (non-hydrogen) atoms. The van der Waals surface area contributed by atoms with E-state index in [-0.39, 0.29) is 11.7 Å². The summed E-state index contributed by atoms with van der Waals surface area (Å²) in [5.74, 6) is -0.513. The summed E-state index contributed by atoms with van der Waals surface area (Å²) in [5, 5.41) is 2.76. The largest absolute Gasteiger partial charge is 0.369 e. The van der Waals surface area contributed by atoms with E-state index < -0.39 is 0 Å². The molecule has 1 aliphatic rings. The third-order valence-electron chi connectivity index (χ3n) is 4.10. The molecule has 0 unspecified atom stereocenters. The standard InChI is InChI=1S/C18H20FN3O.C2H6/c1-21-10-12-22(13-11-21)17-8-2-14(3-9-17)18(23)20-16-6-4-15(19)5-7-16;1-2/h2-9H,10-13H2,1H3,(H,20,23);1-2H3. The van der Waals surface area contributed by atoms with Crippen molar-refractivity contribution < 1.29 is 9.18 Å². The number of hydrogen-bond acceptors (Lipinski definition) is 3. The lowest BCUT2D eigenvalue weighted by molar-refractivity contribution is 0.102. The minimum Gasteiger partial charge on any atom is -0.369 e. The van der Waals surface area contributed by atoms with Crippen molar-refractivity contribution in [3.8, 4) is 0 Å². The van der Waals surface area contributed by atoms with Crippen LogP contribution in [0.15, 0.2) is 48.5 Å². The Hall–Kier alpha value is -2.40.